The lowest BCUT2D eigenvalue weighted by Crippen LogP contribution is -2.05. The molecule has 0 aliphatic heterocycles. The average molecular weight is 151 g/mol. The molecule has 2 N–H and O–H groups in total. The van der Waals surface area contributed by atoms with Gasteiger partial charge in [-0.15, -0.1) is 0 Å². The van der Waals surface area contributed by atoms with Crippen LogP contribution in [0.1, 0.15) is 13.8 Å². The van der Waals surface area contributed by atoms with Gasteiger partial charge in [-0.3, -0.25) is 0 Å². The Morgan fingerprint density at radius 3 is 1.18 bits per heavy atom. The Hall–Kier alpha value is -0.820. The third-order valence-corrected chi connectivity index (χ3v) is 1.14. The predicted octanol–water partition coefficient (Wildman–Crippen LogP) is 2.29. The largest absolute Gasteiger partial charge is 0.330 e. The van der Waals surface area contributed by atoms with Gasteiger partial charge in [0.2, 0.25) is 0 Å². The second-order valence-corrected chi connectivity index (χ2v) is 2.78. The number of hydrogen-bond acceptors (Lipinski definition) is 1. The molecule has 0 saturated carbocycles. The average Bonchev–Trinajstić information content (AvgIpc) is 2.09. The van der Waals surface area contributed by atoms with Crippen molar-refractivity contribution < 1.29 is 0 Å². The highest BCUT2D eigenvalue weighted by Gasteiger charge is 1.80. The third kappa shape index (κ3) is 9.18. The van der Waals surface area contributed by atoms with Crippen molar-refractivity contribution >= 4 is 0 Å². The summed E-state index contributed by atoms with van der Waals surface area (Å²) < 4.78 is 0. The molecule has 0 bridgehead atoms. The van der Waals surface area contributed by atoms with Crippen molar-refractivity contribution in [2.24, 2.45) is 11.7 Å². The zero-order chi connectivity index (χ0) is 8.53. The number of nitrogens with two attached hydrogens (primary N) is 1. The van der Waals surface area contributed by atoms with Crippen LogP contribution >= 0.6 is 0 Å². The van der Waals surface area contributed by atoms with Gasteiger partial charge in [0, 0.05) is 0 Å². The molecule has 11 heavy (non-hydrogen) atoms. The predicted molar refractivity (Wildman–Crippen MR) is 50.3 cm³/mol. The van der Waals surface area contributed by atoms with Gasteiger partial charge in [0.25, 0.3) is 0 Å². The van der Waals surface area contributed by atoms with E-state index in [2.05, 4.69) is 13.8 Å². The number of hydrogen-bond donors (Lipinski definition) is 1. The molecule has 0 saturated heterocycles. The lowest BCUT2D eigenvalue weighted by Gasteiger charge is -1.91. The summed E-state index contributed by atoms with van der Waals surface area (Å²) in [6, 6.07) is 12.0. The van der Waals surface area contributed by atoms with Crippen molar-refractivity contribution in [3.8, 4) is 0 Å². The molecule has 0 heterocycles. The van der Waals surface area contributed by atoms with Crippen LogP contribution in [0.4, 0.5) is 0 Å². The van der Waals surface area contributed by atoms with E-state index in [1.165, 1.54) is 0 Å². The minimum atomic E-state index is 0.662. The lowest BCUT2D eigenvalue weighted by molar-refractivity contribution is 0.664. The van der Waals surface area contributed by atoms with Crippen LogP contribution < -0.4 is 5.73 Å². The Bertz CT molecular complexity index is 120. The molecule has 0 aromatic heterocycles. The van der Waals surface area contributed by atoms with E-state index >= 15 is 0 Å². The minimum absolute atomic E-state index is 0.662. The first-order valence-electron chi connectivity index (χ1n) is 3.97. The lowest BCUT2D eigenvalue weighted by atomic mass is 10.2. The van der Waals surface area contributed by atoms with E-state index in [1.54, 1.807) is 0 Å². The van der Waals surface area contributed by atoms with Crippen molar-refractivity contribution in [2.45, 2.75) is 13.8 Å². The zero-order valence-electron chi connectivity index (χ0n) is 7.33. The monoisotopic (exact) mass is 151 g/mol. The van der Waals surface area contributed by atoms with E-state index in [4.69, 9.17) is 5.73 Å². The van der Waals surface area contributed by atoms with Crippen LogP contribution in [0.2, 0.25) is 0 Å². The van der Waals surface area contributed by atoms with Gasteiger partial charge in [-0.25, -0.2) is 0 Å². The quantitative estimate of drug-likeness (QED) is 0.654. The first kappa shape index (κ1) is 10.2. The Kier molecular flexibility index (Phi) is 6.75. The van der Waals surface area contributed by atoms with Crippen molar-refractivity contribution in [2.75, 3.05) is 6.54 Å². The molecular formula is C10H17N. The Morgan fingerprint density at radius 1 is 0.909 bits per heavy atom. The van der Waals surface area contributed by atoms with Crippen molar-refractivity contribution in [1.82, 2.24) is 0 Å². The maximum absolute atomic E-state index is 5.17. The third-order valence-electron chi connectivity index (χ3n) is 1.14. The van der Waals surface area contributed by atoms with Crippen LogP contribution in [0.25, 0.3) is 0 Å². The second kappa shape index (κ2) is 7.29. The van der Waals surface area contributed by atoms with E-state index in [-0.39, 0.29) is 0 Å². The molecular weight excluding hydrogens is 134 g/mol. The fourth-order valence-electron chi connectivity index (χ4n) is 0.385. The van der Waals surface area contributed by atoms with Gasteiger partial charge in [0.05, 0.1) is 0 Å². The summed E-state index contributed by atoms with van der Waals surface area (Å²) in [5.74, 6) is 0.662. The van der Waals surface area contributed by atoms with Crippen LogP contribution in [0.5, 0.6) is 0 Å². The molecule has 1 heteroatoms. The molecule has 0 aliphatic carbocycles. The summed E-state index contributed by atoms with van der Waals surface area (Å²) in [7, 11) is 0. The molecule has 0 amide bonds. The SMILES string of the molecule is CC(C)CN.c1ccccc1. The standard InChI is InChI=1S/C6H6.C4H11N/c1-2-4-6-5-3-1;1-4(2)3-5/h1-6H;4H,3,5H2,1-2H3. The molecule has 1 rings (SSSR count). The molecule has 0 radical (unpaired) electrons. The zero-order valence-corrected chi connectivity index (χ0v) is 7.33. The van der Waals surface area contributed by atoms with E-state index in [9.17, 15) is 0 Å². The van der Waals surface area contributed by atoms with E-state index < -0.39 is 0 Å². The highest BCUT2D eigenvalue weighted by Crippen LogP contribution is 1.81. The van der Waals surface area contributed by atoms with Crippen LogP contribution in [0.3, 0.4) is 0 Å². The molecule has 0 aliphatic rings. The van der Waals surface area contributed by atoms with Gasteiger partial charge < -0.3 is 5.73 Å². The molecule has 1 aromatic rings. The molecule has 1 nitrogen and oxygen atoms in total. The van der Waals surface area contributed by atoms with Gasteiger partial charge >= 0.3 is 0 Å². The molecule has 62 valence electrons. The number of benzene rings is 1. The minimum Gasteiger partial charge on any atom is -0.330 e. The molecule has 0 spiro atoms. The first-order chi connectivity index (χ1) is 5.27. The van der Waals surface area contributed by atoms with E-state index in [0.717, 1.165) is 6.54 Å². The summed E-state index contributed by atoms with van der Waals surface area (Å²) in [5, 5.41) is 0. The first-order valence-corrected chi connectivity index (χ1v) is 3.97. The van der Waals surface area contributed by atoms with E-state index in [0.29, 0.717) is 5.92 Å². The summed E-state index contributed by atoms with van der Waals surface area (Å²) in [4.78, 5) is 0. The van der Waals surface area contributed by atoms with Crippen LogP contribution in [-0.2, 0) is 0 Å². The van der Waals surface area contributed by atoms with Crippen molar-refractivity contribution in [3.63, 3.8) is 0 Å². The molecule has 1 aromatic carbocycles. The van der Waals surface area contributed by atoms with Gasteiger partial charge in [-0.2, -0.15) is 0 Å². The van der Waals surface area contributed by atoms with Crippen molar-refractivity contribution in [3.05, 3.63) is 36.4 Å². The summed E-state index contributed by atoms with van der Waals surface area (Å²) in [5.41, 5.74) is 5.17. The van der Waals surface area contributed by atoms with Gasteiger partial charge in [-0.05, 0) is 12.5 Å². The van der Waals surface area contributed by atoms with Crippen LogP contribution in [0, 0.1) is 5.92 Å². The molecule has 0 atom stereocenters. The van der Waals surface area contributed by atoms with E-state index in [1.807, 2.05) is 36.4 Å². The summed E-state index contributed by atoms with van der Waals surface area (Å²) in [6.45, 7) is 5.00. The Labute approximate surface area is 69.2 Å². The molecule has 0 unspecified atom stereocenters. The molecule has 0 fully saturated rings. The maximum Gasteiger partial charge on any atom is -0.00541 e. The van der Waals surface area contributed by atoms with Crippen LogP contribution in [-0.4, -0.2) is 6.54 Å². The normalized spacial score (nSPS) is 8.73. The number of rotatable bonds is 1. The smallest absolute Gasteiger partial charge is 0.00541 e. The van der Waals surface area contributed by atoms with Crippen molar-refractivity contribution in [1.29, 1.82) is 0 Å². The van der Waals surface area contributed by atoms with Gasteiger partial charge in [0.1, 0.15) is 0 Å². The van der Waals surface area contributed by atoms with Crippen LogP contribution in [0.15, 0.2) is 36.4 Å². The highest BCUT2D eigenvalue weighted by atomic mass is 14.5. The fraction of sp³-hybridized carbons (Fsp3) is 0.400. The van der Waals surface area contributed by atoms with Gasteiger partial charge in [-0.1, -0.05) is 50.2 Å². The topological polar surface area (TPSA) is 26.0 Å². The second-order valence-electron chi connectivity index (χ2n) is 2.78. The summed E-state index contributed by atoms with van der Waals surface area (Å²) in [6.07, 6.45) is 0. The fourth-order valence-corrected chi connectivity index (χ4v) is 0.385. The van der Waals surface area contributed by atoms with Gasteiger partial charge in [0.15, 0.2) is 0 Å². The highest BCUT2D eigenvalue weighted by molar-refractivity contribution is 4.99. The Morgan fingerprint density at radius 2 is 1.09 bits per heavy atom. The summed E-state index contributed by atoms with van der Waals surface area (Å²) >= 11 is 0. The Balaban J connectivity index is 0.000000187. The maximum atomic E-state index is 5.17.